The molecule has 0 aliphatic rings. The minimum Gasteiger partial charge on any atom is -0.333 e. The van der Waals surface area contributed by atoms with Gasteiger partial charge in [-0.25, -0.2) is 0 Å². The third-order valence-corrected chi connectivity index (χ3v) is 4.58. The average Bonchev–Trinajstić information content (AvgIpc) is 2.73. The molecule has 1 aromatic heterocycles. The van der Waals surface area contributed by atoms with Gasteiger partial charge < -0.3 is 10.2 Å². The molecule has 0 aliphatic heterocycles. The second kappa shape index (κ2) is 7.07. The van der Waals surface area contributed by atoms with Crippen LogP contribution in [0, 0.1) is 17.2 Å². The van der Waals surface area contributed by atoms with Crippen molar-refractivity contribution in [3.8, 4) is 6.07 Å². The highest BCUT2D eigenvalue weighted by molar-refractivity contribution is 7.16. The van der Waals surface area contributed by atoms with E-state index in [1.54, 1.807) is 6.92 Å². The highest BCUT2D eigenvalue weighted by Crippen LogP contribution is 2.20. The molecule has 110 valence electrons. The van der Waals surface area contributed by atoms with Crippen molar-refractivity contribution in [2.75, 3.05) is 13.6 Å². The molecule has 2 N–H and O–H groups in total. The Balaban J connectivity index is 2.52. The van der Waals surface area contributed by atoms with E-state index in [0.29, 0.717) is 6.54 Å². The van der Waals surface area contributed by atoms with Crippen molar-refractivity contribution in [3.63, 3.8) is 0 Å². The van der Waals surface area contributed by atoms with Gasteiger partial charge in [0.05, 0.1) is 22.3 Å². The molecule has 1 unspecified atom stereocenters. The monoisotopic (exact) mass is 314 g/mol. The Morgan fingerprint density at radius 3 is 2.70 bits per heavy atom. The minimum absolute atomic E-state index is 0.0628. The summed E-state index contributed by atoms with van der Waals surface area (Å²) in [4.78, 5) is 14.2. The quantitative estimate of drug-likeness (QED) is 0.835. The number of hydrogen-bond acceptors (Lipinski definition) is 3. The Bertz CT molecular complexity index is 509. The van der Waals surface area contributed by atoms with Crippen molar-refractivity contribution >= 4 is 28.8 Å². The molecule has 1 rings (SSSR count). The first-order chi connectivity index (χ1) is 9.26. The molecule has 20 heavy (non-hydrogen) atoms. The standard InChI is InChI=1S/C14H20ClN3OS/c1-10(2)14(3,9-16)17-13(19)8-18(4)7-11-5-6-12(15)20-11/h5-6,10H,7-8H2,1-4H3,(H,17,19)/p+1/t14-/m0/s1. The summed E-state index contributed by atoms with van der Waals surface area (Å²) in [6, 6.07) is 6.01. The van der Waals surface area contributed by atoms with Crippen LogP contribution in [0.5, 0.6) is 0 Å². The maximum Gasteiger partial charge on any atom is 0.276 e. The molecule has 1 amide bonds. The number of thiophene rings is 1. The molecule has 0 bridgehead atoms. The van der Waals surface area contributed by atoms with Gasteiger partial charge in [0.1, 0.15) is 12.1 Å². The highest BCUT2D eigenvalue weighted by Gasteiger charge is 2.30. The molecule has 0 spiro atoms. The smallest absolute Gasteiger partial charge is 0.276 e. The fourth-order valence-electron chi connectivity index (χ4n) is 1.72. The minimum atomic E-state index is -0.816. The van der Waals surface area contributed by atoms with Gasteiger partial charge in [-0.15, -0.1) is 11.3 Å². The molecular weight excluding hydrogens is 294 g/mol. The van der Waals surface area contributed by atoms with Gasteiger partial charge in [0.15, 0.2) is 6.54 Å². The lowest BCUT2D eigenvalue weighted by atomic mass is 9.90. The molecule has 4 nitrogen and oxygen atoms in total. The van der Waals surface area contributed by atoms with Crippen LogP contribution in [0.15, 0.2) is 12.1 Å². The first-order valence-electron chi connectivity index (χ1n) is 6.54. The summed E-state index contributed by atoms with van der Waals surface area (Å²) in [6.45, 7) is 6.68. The molecule has 2 atom stereocenters. The average molecular weight is 315 g/mol. The number of halogens is 1. The van der Waals surface area contributed by atoms with E-state index in [1.165, 1.54) is 11.3 Å². The van der Waals surface area contributed by atoms with E-state index in [2.05, 4.69) is 11.4 Å². The van der Waals surface area contributed by atoms with Gasteiger partial charge in [-0.2, -0.15) is 5.26 Å². The number of amides is 1. The normalized spacial score (nSPS) is 15.4. The Labute approximate surface area is 129 Å². The van der Waals surface area contributed by atoms with Gasteiger partial charge in [-0.3, -0.25) is 4.79 Å². The third-order valence-electron chi connectivity index (χ3n) is 3.35. The van der Waals surface area contributed by atoms with Crippen LogP contribution in [0.3, 0.4) is 0 Å². The van der Waals surface area contributed by atoms with Crippen LogP contribution >= 0.6 is 22.9 Å². The largest absolute Gasteiger partial charge is 0.333 e. The van der Waals surface area contributed by atoms with E-state index in [-0.39, 0.29) is 11.8 Å². The number of rotatable bonds is 6. The van der Waals surface area contributed by atoms with Gasteiger partial charge in [0.2, 0.25) is 0 Å². The van der Waals surface area contributed by atoms with E-state index < -0.39 is 5.54 Å². The van der Waals surface area contributed by atoms with Crippen LogP contribution < -0.4 is 10.2 Å². The summed E-state index contributed by atoms with van der Waals surface area (Å²) >= 11 is 7.41. The predicted octanol–water partition coefficient (Wildman–Crippen LogP) is 1.47. The van der Waals surface area contributed by atoms with Crippen LogP contribution in [0.1, 0.15) is 25.6 Å². The number of nitriles is 1. The summed E-state index contributed by atoms with van der Waals surface area (Å²) in [5, 5.41) is 12.0. The number of quaternary nitrogens is 1. The van der Waals surface area contributed by atoms with E-state index in [0.717, 1.165) is 20.7 Å². The third kappa shape index (κ3) is 4.78. The lowest BCUT2D eigenvalue weighted by Crippen LogP contribution is -3.09. The van der Waals surface area contributed by atoms with Crippen LogP contribution in [-0.4, -0.2) is 25.0 Å². The summed E-state index contributed by atoms with van der Waals surface area (Å²) < 4.78 is 0.758. The SMILES string of the molecule is CC(C)[C@](C)(C#N)NC(=O)C[NH+](C)Cc1ccc(Cl)s1. The zero-order valence-corrected chi connectivity index (χ0v) is 13.9. The summed E-state index contributed by atoms with van der Waals surface area (Å²) in [5.41, 5.74) is -0.816. The van der Waals surface area contributed by atoms with E-state index in [1.807, 2.05) is 33.0 Å². The number of nitrogens with one attached hydrogen (secondary N) is 2. The molecule has 0 aromatic carbocycles. The molecular formula is C14H21ClN3OS+. The number of carbonyl (C=O) groups excluding carboxylic acids is 1. The summed E-state index contributed by atoms with van der Waals surface area (Å²) in [7, 11) is 1.95. The molecule has 6 heteroatoms. The van der Waals surface area contributed by atoms with E-state index in [4.69, 9.17) is 11.6 Å². The number of nitrogens with zero attached hydrogens (tertiary/aromatic N) is 1. The van der Waals surface area contributed by atoms with Crippen molar-refractivity contribution in [2.24, 2.45) is 5.92 Å². The molecule has 1 aromatic rings. The Morgan fingerprint density at radius 2 is 2.25 bits per heavy atom. The van der Waals surface area contributed by atoms with Crippen molar-refractivity contribution in [1.82, 2.24) is 5.32 Å². The maximum atomic E-state index is 12.0. The topological polar surface area (TPSA) is 57.3 Å². The van der Waals surface area contributed by atoms with E-state index in [9.17, 15) is 10.1 Å². The first-order valence-corrected chi connectivity index (χ1v) is 7.74. The molecule has 0 fully saturated rings. The van der Waals surface area contributed by atoms with Gasteiger partial charge >= 0.3 is 0 Å². The van der Waals surface area contributed by atoms with Crippen LogP contribution in [0.4, 0.5) is 0 Å². The fraction of sp³-hybridized carbons (Fsp3) is 0.571. The number of likely N-dealkylation sites (N-methyl/N-ethyl adjacent to an activating group) is 1. The zero-order chi connectivity index (χ0) is 15.3. The van der Waals surface area contributed by atoms with Gasteiger partial charge in [-0.1, -0.05) is 25.4 Å². The first kappa shape index (κ1) is 17.0. The van der Waals surface area contributed by atoms with Crippen molar-refractivity contribution < 1.29 is 9.69 Å². The Morgan fingerprint density at radius 1 is 1.60 bits per heavy atom. The molecule has 0 saturated heterocycles. The number of hydrogen-bond donors (Lipinski definition) is 2. The zero-order valence-electron chi connectivity index (χ0n) is 12.3. The second-order valence-corrected chi connectivity index (χ2v) is 7.33. The van der Waals surface area contributed by atoms with Crippen LogP contribution in [0.25, 0.3) is 0 Å². The Kier molecular flexibility index (Phi) is 6.00. The highest BCUT2D eigenvalue weighted by atomic mass is 35.5. The van der Waals surface area contributed by atoms with Gasteiger partial charge in [-0.05, 0) is 25.0 Å². The second-order valence-electron chi connectivity index (χ2n) is 5.53. The van der Waals surface area contributed by atoms with E-state index >= 15 is 0 Å². The lowest BCUT2D eigenvalue weighted by Gasteiger charge is -2.27. The van der Waals surface area contributed by atoms with Gasteiger partial charge in [0, 0.05) is 0 Å². The lowest BCUT2D eigenvalue weighted by molar-refractivity contribution is -0.885. The van der Waals surface area contributed by atoms with Crippen molar-refractivity contribution in [1.29, 1.82) is 5.26 Å². The molecule has 0 radical (unpaired) electrons. The van der Waals surface area contributed by atoms with Crippen LogP contribution in [-0.2, 0) is 11.3 Å². The Hall–Kier alpha value is -1.09. The van der Waals surface area contributed by atoms with Crippen LogP contribution in [0.2, 0.25) is 4.34 Å². The fourth-order valence-corrected chi connectivity index (χ4v) is 2.92. The maximum absolute atomic E-state index is 12.0. The number of carbonyl (C=O) groups is 1. The molecule has 0 aliphatic carbocycles. The summed E-state index contributed by atoms with van der Waals surface area (Å²) in [6.07, 6.45) is 0. The molecule has 1 heterocycles. The predicted molar refractivity (Wildman–Crippen MR) is 81.8 cm³/mol. The molecule has 0 saturated carbocycles. The van der Waals surface area contributed by atoms with Crippen molar-refractivity contribution in [2.45, 2.75) is 32.9 Å². The van der Waals surface area contributed by atoms with Crippen molar-refractivity contribution in [3.05, 3.63) is 21.3 Å². The van der Waals surface area contributed by atoms with Gasteiger partial charge in [0.25, 0.3) is 5.91 Å². The summed E-state index contributed by atoms with van der Waals surface area (Å²) in [5.74, 6) is -0.0456.